The van der Waals surface area contributed by atoms with E-state index in [0.29, 0.717) is 6.04 Å². The van der Waals surface area contributed by atoms with Gasteiger partial charge in [-0.05, 0) is 83.8 Å². The zero-order valence-corrected chi connectivity index (χ0v) is 26.8. The molecule has 0 aliphatic carbocycles. The van der Waals surface area contributed by atoms with Crippen LogP contribution in [0.2, 0.25) is 0 Å². The lowest BCUT2D eigenvalue weighted by molar-refractivity contribution is 0.669. The van der Waals surface area contributed by atoms with Crippen LogP contribution in [0.3, 0.4) is 0 Å². The summed E-state index contributed by atoms with van der Waals surface area (Å²) in [5.74, 6) is 0. The lowest BCUT2D eigenvalue weighted by Gasteiger charge is -2.32. The van der Waals surface area contributed by atoms with E-state index < -0.39 is 0 Å². The van der Waals surface area contributed by atoms with Gasteiger partial charge in [-0.25, -0.2) is 5.43 Å². The van der Waals surface area contributed by atoms with E-state index in [1.165, 1.54) is 70.8 Å². The number of thiophene rings is 1. The van der Waals surface area contributed by atoms with Crippen molar-refractivity contribution in [1.82, 2.24) is 9.99 Å². The molecule has 5 heteroatoms. The zero-order valence-electron chi connectivity index (χ0n) is 26.0. The number of aromatic nitrogens is 1. The second kappa shape index (κ2) is 9.94. The van der Waals surface area contributed by atoms with Gasteiger partial charge in [0.05, 0.1) is 22.8 Å². The molecule has 1 atom stereocenters. The highest BCUT2D eigenvalue weighted by Crippen LogP contribution is 2.52. The molecule has 228 valence electrons. The number of furan rings is 1. The molecule has 4 nitrogen and oxygen atoms in total. The number of hydrazine groups is 1. The van der Waals surface area contributed by atoms with E-state index in [-0.39, 0.29) is 0 Å². The summed E-state index contributed by atoms with van der Waals surface area (Å²) in [6.45, 7) is 1.01. The summed E-state index contributed by atoms with van der Waals surface area (Å²) in [5, 5.41) is 7.20. The molecule has 11 rings (SSSR count). The topological polar surface area (TPSA) is 33.3 Å². The molecule has 0 amide bonds. The van der Waals surface area contributed by atoms with Crippen molar-refractivity contribution < 1.29 is 4.42 Å². The molecule has 3 aromatic heterocycles. The SMILES string of the molecule is c1cc(-c2cc3c(s2)C2CCNN2c2ccccc2-3)cc(-n2c3ccccc3c3cc(-c4ccc5oc6ccccc6c5c4)ccc32)c1. The molecule has 1 N–H and O–H groups in total. The summed E-state index contributed by atoms with van der Waals surface area (Å²) in [7, 11) is 0. The molecule has 0 spiro atoms. The number of hydrogen-bond acceptors (Lipinski definition) is 4. The first-order chi connectivity index (χ1) is 23.8. The number of anilines is 1. The maximum Gasteiger partial charge on any atom is 0.135 e. The Morgan fingerprint density at radius 2 is 1.35 bits per heavy atom. The summed E-state index contributed by atoms with van der Waals surface area (Å²) in [6, 6.07) is 51.2. The number of rotatable bonds is 3. The van der Waals surface area contributed by atoms with Gasteiger partial charge in [0.25, 0.3) is 0 Å². The summed E-state index contributed by atoms with van der Waals surface area (Å²) >= 11 is 1.95. The Labute approximate surface area is 281 Å². The normalized spacial score (nSPS) is 15.4. The minimum Gasteiger partial charge on any atom is -0.456 e. The van der Waals surface area contributed by atoms with E-state index in [2.05, 4.69) is 142 Å². The average molecular weight is 636 g/mol. The summed E-state index contributed by atoms with van der Waals surface area (Å²) in [6.07, 6.45) is 1.12. The average Bonchev–Trinajstić information content (AvgIpc) is 3.94. The fourth-order valence-corrected chi connectivity index (χ4v) is 9.41. The minimum absolute atomic E-state index is 0.385. The van der Waals surface area contributed by atoms with E-state index in [1.807, 2.05) is 23.5 Å². The summed E-state index contributed by atoms with van der Waals surface area (Å²) in [4.78, 5) is 2.78. The fraction of sp³-hybridized carbons (Fsp3) is 0.0698. The quantitative estimate of drug-likeness (QED) is 0.210. The van der Waals surface area contributed by atoms with Crippen molar-refractivity contribution in [3.63, 3.8) is 0 Å². The van der Waals surface area contributed by atoms with Gasteiger partial charge in [0, 0.05) is 54.7 Å². The van der Waals surface area contributed by atoms with Gasteiger partial charge in [-0.1, -0.05) is 78.9 Å². The van der Waals surface area contributed by atoms with E-state index in [0.717, 1.165) is 34.9 Å². The number of benzene rings is 6. The van der Waals surface area contributed by atoms with Crippen LogP contribution in [0.5, 0.6) is 0 Å². The molecule has 0 radical (unpaired) electrons. The maximum absolute atomic E-state index is 6.12. The highest BCUT2D eigenvalue weighted by Gasteiger charge is 2.36. The molecule has 0 saturated carbocycles. The third-order valence-corrected chi connectivity index (χ3v) is 11.6. The number of nitrogens with zero attached hydrogens (tertiary/aromatic N) is 2. The first-order valence-electron chi connectivity index (χ1n) is 16.6. The smallest absolute Gasteiger partial charge is 0.135 e. The van der Waals surface area contributed by atoms with Gasteiger partial charge in [-0.2, -0.15) is 0 Å². The van der Waals surface area contributed by atoms with Gasteiger partial charge < -0.3 is 8.98 Å². The number of hydrogen-bond donors (Lipinski definition) is 1. The Balaban J connectivity index is 1.05. The largest absolute Gasteiger partial charge is 0.456 e. The molecule has 9 aromatic rings. The summed E-state index contributed by atoms with van der Waals surface area (Å²) < 4.78 is 8.54. The van der Waals surface area contributed by atoms with Crippen LogP contribution in [-0.2, 0) is 0 Å². The minimum atomic E-state index is 0.385. The monoisotopic (exact) mass is 635 g/mol. The van der Waals surface area contributed by atoms with Crippen LogP contribution >= 0.6 is 11.3 Å². The van der Waals surface area contributed by atoms with Gasteiger partial charge >= 0.3 is 0 Å². The van der Waals surface area contributed by atoms with Gasteiger partial charge in [-0.15, -0.1) is 11.3 Å². The van der Waals surface area contributed by atoms with E-state index in [1.54, 1.807) is 0 Å². The molecular formula is C43H29N3OS. The van der Waals surface area contributed by atoms with Crippen LogP contribution < -0.4 is 10.4 Å². The Bertz CT molecular complexity index is 2750. The van der Waals surface area contributed by atoms with Crippen LogP contribution in [0.15, 0.2) is 144 Å². The number of fused-ring (bicyclic) bond motifs is 12. The molecule has 5 heterocycles. The standard InChI is InChI=1S/C43H29N3OS/c1-4-13-36-30(10-1)33-23-26(27-17-19-41-34(24-27)32-12-3-6-15-40(32)47-41)16-18-37(33)45(36)29-9-7-8-28(22-29)42-25-35-31-11-2-5-14-38(31)46-39(20-21-44-46)43(35)48-42/h1-19,22-25,39,44H,20-21H2. The van der Waals surface area contributed by atoms with Crippen molar-refractivity contribution in [2.75, 3.05) is 11.6 Å². The van der Waals surface area contributed by atoms with E-state index >= 15 is 0 Å². The Morgan fingerprint density at radius 1 is 0.583 bits per heavy atom. The van der Waals surface area contributed by atoms with Gasteiger partial charge in [0.1, 0.15) is 11.2 Å². The van der Waals surface area contributed by atoms with Gasteiger partial charge in [-0.3, -0.25) is 5.01 Å². The maximum atomic E-state index is 6.12. The molecule has 6 aromatic carbocycles. The molecule has 1 fully saturated rings. The molecule has 48 heavy (non-hydrogen) atoms. The first kappa shape index (κ1) is 26.4. The second-order valence-corrected chi connectivity index (χ2v) is 14.0. The van der Waals surface area contributed by atoms with Crippen LogP contribution in [0.25, 0.3) is 82.1 Å². The Morgan fingerprint density at radius 3 is 2.31 bits per heavy atom. The van der Waals surface area contributed by atoms with Crippen molar-refractivity contribution in [2.24, 2.45) is 0 Å². The van der Waals surface area contributed by atoms with Crippen LogP contribution in [0.1, 0.15) is 17.3 Å². The third kappa shape index (κ3) is 3.74. The highest BCUT2D eigenvalue weighted by atomic mass is 32.1. The van der Waals surface area contributed by atoms with Crippen LogP contribution in [0.4, 0.5) is 5.69 Å². The van der Waals surface area contributed by atoms with Crippen molar-refractivity contribution >= 4 is 60.8 Å². The molecular weight excluding hydrogens is 607 g/mol. The highest BCUT2D eigenvalue weighted by molar-refractivity contribution is 7.16. The number of nitrogens with one attached hydrogen (secondary N) is 1. The predicted molar refractivity (Wildman–Crippen MR) is 200 cm³/mol. The fourth-order valence-electron chi connectivity index (χ4n) is 8.11. The summed E-state index contributed by atoms with van der Waals surface area (Å²) in [5.41, 5.74) is 16.7. The number of para-hydroxylation sites is 3. The zero-order chi connectivity index (χ0) is 31.3. The molecule has 2 aliphatic rings. The molecule has 2 aliphatic heterocycles. The molecule has 1 saturated heterocycles. The van der Waals surface area contributed by atoms with E-state index in [9.17, 15) is 0 Å². The lowest BCUT2D eigenvalue weighted by Crippen LogP contribution is -2.34. The predicted octanol–water partition coefficient (Wildman–Crippen LogP) is 11.5. The van der Waals surface area contributed by atoms with Gasteiger partial charge in [0.2, 0.25) is 0 Å². The van der Waals surface area contributed by atoms with Crippen LogP contribution in [0, 0.1) is 0 Å². The van der Waals surface area contributed by atoms with Crippen molar-refractivity contribution in [1.29, 1.82) is 0 Å². The Hall–Kier alpha value is -5.62. The Kier molecular flexibility index (Phi) is 5.48. The molecule has 0 bridgehead atoms. The second-order valence-electron chi connectivity index (χ2n) is 12.9. The third-order valence-electron chi connectivity index (χ3n) is 10.3. The van der Waals surface area contributed by atoms with E-state index in [4.69, 9.17) is 4.42 Å². The lowest BCUT2D eigenvalue weighted by atomic mass is 9.95. The molecule has 1 unspecified atom stereocenters. The van der Waals surface area contributed by atoms with Crippen molar-refractivity contribution in [3.8, 4) is 38.4 Å². The van der Waals surface area contributed by atoms with Gasteiger partial charge in [0.15, 0.2) is 0 Å². The first-order valence-corrected chi connectivity index (χ1v) is 17.4. The van der Waals surface area contributed by atoms with Crippen LogP contribution in [-0.4, -0.2) is 11.1 Å². The van der Waals surface area contributed by atoms with Crippen molar-refractivity contribution in [3.05, 3.63) is 144 Å². The van der Waals surface area contributed by atoms with Crippen molar-refractivity contribution in [2.45, 2.75) is 12.5 Å².